The molecule has 1 fully saturated rings. The lowest BCUT2D eigenvalue weighted by Gasteiger charge is -2.31. The van der Waals surface area contributed by atoms with Crippen molar-refractivity contribution in [1.29, 1.82) is 0 Å². The third kappa shape index (κ3) is 3.38. The smallest absolute Gasteiger partial charge is 0.322 e. The molecular formula is C19H24N4O4. The monoisotopic (exact) mass is 372 g/mol. The average molecular weight is 372 g/mol. The lowest BCUT2D eigenvalue weighted by Crippen LogP contribution is -2.45. The normalized spacial score (nSPS) is 23.7. The van der Waals surface area contributed by atoms with Crippen LogP contribution < -0.4 is 5.32 Å². The molecule has 3 amide bonds. The molecule has 8 nitrogen and oxygen atoms in total. The Morgan fingerprint density at radius 2 is 1.85 bits per heavy atom. The number of hydrogen-bond donors (Lipinski definition) is 2. The van der Waals surface area contributed by atoms with Gasteiger partial charge in [-0.25, -0.2) is 4.79 Å². The van der Waals surface area contributed by atoms with Crippen LogP contribution in [0.3, 0.4) is 0 Å². The number of benzene rings is 1. The van der Waals surface area contributed by atoms with Gasteiger partial charge in [-0.15, -0.1) is 0 Å². The van der Waals surface area contributed by atoms with E-state index in [1.165, 1.54) is 4.90 Å². The van der Waals surface area contributed by atoms with E-state index >= 15 is 0 Å². The summed E-state index contributed by atoms with van der Waals surface area (Å²) in [6.45, 7) is 5.08. The minimum atomic E-state index is -0.495. The fourth-order valence-corrected chi connectivity index (χ4v) is 3.81. The molecule has 0 spiro atoms. The summed E-state index contributed by atoms with van der Waals surface area (Å²) in [5, 5.41) is 12.4. The number of urea groups is 1. The highest BCUT2D eigenvalue weighted by atomic mass is 16.5. The van der Waals surface area contributed by atoms with Crippen LogP contribution >= 0.6 is 0 Å². The average Bonchev–Trinajstić information content (AvgIpc) is 3.01. The number of carbonyl (C=O) groups is 2. The van der Waals surface area contributed by atoms with Crippen LogP contribution in [0, 0.1) is 0 Å². The fraction of sp³-hybridized carbons (Fsp3) is 0.474. The van der Waals surface area contributed by atoms with Crippen molar-refractivity contribution in [2.75, 3.05) is 53.0 Å². The maximum absolute atomic E-state index is 13.1. The molecule has 1 saturated heterocycles. The number of aromatic hydroxyl groups is 1. The second-order valence-electron chi connectivity index (χ2n) is 7.07. The molecule has 3 aliphatic rings. The molecule has 8 heteroatoms. The summed E-state index contributed by atoms with van der Waals surface area (Å²) in [6, 6.07) is 5.88. The molecule has 0 bridgehead atoms. The van der Waals surface area contributed by atoms with Gasteiger partial charge >= 0.3 is 6.03 Å². The SMILES string of the molecule is CN1C(=O)NC(c2ccc(O)cc2)C2=C1CN(CCN1CCOCC1)C2=O. The molecule has 3 aliphatic heterocycles. The first-order chi connectivity index (χ1) is 13.0. The summed E-state index contributed by atoms with van der Waals surface area (Å²) in [5.41, 5.74) is 2.15. The highest BCUT2D eigenvalue weighted by Gasteiger charge is 2.42. The lowest BCUT2D eigenvalue weighted by atomic mass is 9.96. The number of likely N-dealkylation sites (N-methyl/N-ethyl adjacent to an activating group) is 1. The molecule has 3 heterocycles. The van der Waals surface area contributed by atoms with Gasteiger partial charge < -0.3 is 20.1 Å². The minimum absolute atomic E-state index is 0.0387. The number of morpholine rings is 1. The zero-order chi connectivity index (χ0) is 19.0. The first-order valence-electron chi connectivity index (χ1n) is 9.20. The number of nitrogens with zero attached hydrogens (tertiary/aromatic N) is 3. The van der Waals surface area contributed by atoms with Crippen molar-refractivity contribution in [2.24, 2.45) is 0 Å². The van der Waals surface area contributed by atoms with E-state index in [1.807, 2.05) is 4.90 Å². The van der Waals surface area contributed by atoms with Crippen molar-refractivity contribution in [2.45, 2.75) is 6.04 Å². The number of nitrogens with one attached hydrogen (secondary N) is 1. The first-order valence-corrected chi connectivity index (χ1v) is 9.20. The van der Waals surface area contributed by atoms with Gasteiger partial charge in [-0.2, -0.15) is 0 Å². The second kappa shape index (κ2) is 7.21. The Hall–Kier alpha value is -2.58. The summed E-state index contributed by atoms with van der Waals surface area (Å²) in [6.07, 6.45) is 0. The molecule has 0 radical (unpaired) electrons. The maximum Gasteiger partial charge on any atom is 0.322 e. The summed E-state index contributed by atoms with van der Waals surface area (Å²) in [7, 11) is 1.69. The van der Waals surface area contributed by atoms with Crippen molar-refractivity contribution >= 4 is 11.9 Å². The maximum atomic E-state index is 13.1. The summed E-state index contributed by atoms with van der Waals surface area (Å²) in [4.78, 5) is 31.1. The van der Waals surface area contributed by atoms with E-state index in [2.05, 4.69) is 10.2 Å². The van der Waals surface area contributed by atoms with Gasteiger partial charge in [-0.1, -0.05) is 12.1 Å². The third-order valence-corrected chi connectivity index (χ3v) is 5.45. The molecule has 1 aromatic carbocycles. The molecule has 0 aliphatic carbocycles. The Morgan fingerprint density at radius 1 is 1.15 bits per heavy atom. The summed E-state index contributed by atoms with van der Waals surface area (Å²) < 4.78 is 5.37. The van der Waals surface area contributed by atoms with Gasteiger partial charge in [0.15, 0.2) is 0 Å². The van der Waals surface area contributed by atoms with Gasteiger partial charge in [-0.05, 0) is 17.7 Å². The summed E-state index contributed by atoms with van der Waals surface area (Å²) in [5.74, 6) is 0.111. The fourth-order valence-electron chi connectivity index (χ4n) is 3.81. The Bertz CT molecular complexity index is 770. The highest BCUT2D eigenvalue weighted by Crippen LogP contribution is 2.35. The Morgan fingerprint density at radius 3 is 2.56 bits per heavy atom. The quantitative estimate of drug-likeness (QED) is 0.805. The van der Waals surface area contributed by atoms with Crippen molar-refractivity contribution in [1.82, 2.24) is 20.0 Å². The largest absolute Gasteiger partial charge is 0.508 e. The zero-order valence-electron chi connectivity index (χ0n) is 15.4. The molecule has 144 valence electrons. The molecule has 1 unspecified atom stereocenters. The molecule has 0 aromatic heterocycles. The molecule has 27 heavy (non-hydrogen) atoms. The van der Waals surface area contributed by atoms with Crippen molar-refractivity contribution < 1.29 is 19.4 Å². The number of rotatable bonds is 4. The Labute approximate surface area is 158 Å². The molecule has 4 rings (SSSR count). The van der Waals surface area contributed by atoms with Crippen LogP contribution in [0.15, 0.2) is 35.5 Å². The molecule has 1 atom stereocenters. The van der Waals surface area contributed by atoms with E-state index in [1.54, 1.807) is 31.3 Å². The van der Waals surface area contributed by atoms with Crippen LogP contribution in [0.4, 0.5) is 4.79 Å². The van der Waals surface area contributed by atoms with E-state index in [9.17, 15) is 14.7 Å². The van der Waals surface area contributed by atoms with Crippen LogP contribution in [0.2, 0.25) is 0 Å². The van der Waals surface area contributed by atoms with Crippen molar-refractivity contribution in [3.8, 4) is 5.75 Å². The minimum Gasteiger partial charge on any atom is -0.508 e. The molecular weight excluding hydrogens is 348 g/mol. The van der Waals surface area contributed by atoms with Crippen LogP contribution in [0.5, 0.6) is 5.75 Å². The predicted octanol–water partition coefficient (Wildman–Crippen LogP) is 0.517. The number of amides is 3. The van der Waals surface area contributed by atoms with Gasteiger partial charge in [0.05, 0.1) is 37.1 Å². The van der Waals surface area contributed by atoms with Crippen molar-refractivity contribution in [3.63, 3.8) is 0 Å². The van der Waals surface area contributed by atoms with Gasteiger partial charge in [0.1, 0.15) is 5.75 Å². The third-order valence-electron chi connectivity index (χ3n) is 5.45. The van der Waals surface area contributed by atoms with Gasteiger partial charge in [0, 0.05) is 33.2 Å². The van der Waals surface area contributed by atoms with E-state index in [4.69, 9.17) is 4.74 Å². The number of phenols is 1. The predicted molar refractivity (Wildman–Crippen MR) is 98.0 cm³/mol. The summed E-state index contributed by atoms with van der Waals surface area (Å²) >= 11 is 0. The van der Waals surface area contributed by atoms with Gasteiger partial charge in [0.2, 0.25) is 0 Å². The first kappa shape index (κ1) is 17.8. The van der Waals surface area contributed by atoms with E-state index in [0.717, 1.165) is 44.1 Å². The van der Waals surface area contributed by atoms with E-state index < -0.39 is 6.04 Å². The lowest BCUT2D eigenvalue weighted by molar-refractivity contribution is -0.126. The topological polar surface area (TPSA) is 85.4 Å². The van der Waals surface area contributed by atoms with E-state index in [-0.39, 0.29) is 17.7 Å². The number of carbonyl (C=O) groups excluding carboxylic acids is 2. The van der Waals surface area contributed by atoms with E-state index in [0.29, 0.717) is 18.7 Å². The van der Waals surface area contributed by atoms with Gasteiger partial charge in [0.25, 0.3) is 5.91 Å². The second-order valence-corrected chi connectivity index (χ2v) is 7.07. The van der Waals surface area contributed by atoms with Crippen LogP contribution in [0.1, 0.15) is 11.6 Å². The number of hydrogen-bond acceptors (Lipinski definition) is 5. The molecule has 1 aromatic rings. The van der Waals surface area contributed by atoms with Crippen molar-refractivity contribution in [3.05, 3.63) is 41.1 Å². The van der Waals surface area contributed by atoms with Crippen LogP contribution in [-0.2, 0) is 9.53 Å². The number of ether oxygens (including phenoxy) is 1. The molecule has 0 saturated carbocycles. The standard InChI is InChI=1S/C19H24N4O4/c1-21-15-12-23(7-6-22-8-10-27-11-9-22)18(25)16(15)17(20-19(21)26)13-2-4-14(24)5-3-13/h2-5,17,24H,6-12H2,1H3,(H,20,26). The molecule has 2 N–H and O–H groups in total. The van der Waals surface area contributed by atoms with Gasteiger partial charge in [-0.3, -0.25) is 14.6 Å². The van der Waals surface area contributed by atoms with Crippen LogP contribution in [0.25, 0.3) is 0 Å². The Kier molecular flexibility index (Phi) is 4.75. The highest BCUT2D eigenvalue weighted by molar-refractivity contribution is 6.01. The zero-order valence-corrected chi connectivity index (χ0v) is 15.4. The Balaban J connectivity index is 1.53. The van der Waals surface area contributed by atoms with Crippen LogP contribution in [-0.4, -0.2) is 84.7 Å². The number of phenolic OH excluding ortho intramolecular Hbond substituents is 1.